The number of hydrogen-bond acceptors (Lipinski definition) is 4. The number of carbonyl (C=O) groups excluding carboxylic acids is 1. The van der Waals surface area contributed by atoms with E-state index < -0.39 is 0 Å². The Hall–Kier alpha value is -1.63. The minimum absolute atomic E-state index is 0.0428. The number of fused-ring (bicyclic) bond motifs is 1. The van der Waals surface area contributed by atoms with Gasteiger partial charge in [-0.05, 0) is 33.6 Å². The Morgan fingerprint density at radius 3 is 2.71 bits per heavy atom. The summed E-state index contributed by atoms with van der Waals surface area (Å²) in [7, 11) is 0. The molecule has 1 aromatic heterocycles. The van der Waals surface area contributed by atoms with Crippen LogP contribution in [0.1, 0.15) is 44.8 Å². The SMILES string of the molecule is Cc1nc([C@]23CN(C(=O)NC(C)C)C[C@H]2CN(C2CCC2)C3)n[nH]1. The number of likely N-dealkylation sites (tertiary alicyclic amines) is 2. The van der Waals surface area contributed by atoms with Crippen LogP contribution in [0, 0.1) is 12.8 Å². The van der Waals surface area contributed by atoms with Crippen LogP contribution in [-0.2, 0) is 5.41 Å². The van der Waals surface area contributed by atoms with Crippen molar-refractivity contribution in [2.24, 2.45) is 5.92 Å². The summed E-state index contributed by atoms with van der Waals surface area (Å²) in [6.45, 7) is 9.50. The third kappa shape index (κ3) is 2.49. The van der Waals surface area contributed by atoms with Crippen molar-refractivity contribution in [3.8, 4) is 0 Å². The molecule has 0 aromatic carbocycles. The summed E-state index contributed by atoms with van der Waals surface area (Å²) >= 11 is 0. The Morgan fingerprint density at radius 2 is 2.12 bits per heavy atom. The van der Waals surface area contributed by atoms with Gasteiger partial charge in [0.1, 0.15) is 5.82 Å². The lowest BCUT2D eigenvalue weighted by Gasteiger charge is -2.36. The number of nitrogens with zero attached hydrogens (tertiary/aromatic N) is 4. The van der Waals surface area contributed by atoms with Gasteiger partial charge in [-0.25, -0.2) is 9.78 Å². The summed E-state index contributed by atoms with van der Waals surface area (Å²) in [4.78, 5) is 21.8. The maximum Gasteiger partial charge on any atom is 0.317 e. The number of amides is 2. The van der Waals surface area contributed by atoms with E-state index in [2.05, 4.69) is 25.4 Å². The van der Waals surface area contributed by atoms with Gasteiger partial charge in [-0.2, -0.15) is 5.10 Å². The fourth-order valence-electron chi connectivity index (χ4n) is 4.51. The van der Waals surface area contributed by atoms with E-state index >= 15 is 0 Å². The molecular weight excluding hydrogens is 304 g/mol. The van der Waals surface area contributed by atoms with Gasteiger partial charge in [0.25, 0.3) is 0 Å². The summed E-state index contributed by atoms with van der Waals surface area (Å²) in [5.41, 5.74) is -0.116. The lowest BCUT2D eigenvalue weighted by atomic mass is 9.80. The number of hydrogen-bond donors (Lipinski definition) is 2. The highest BCUT2D eigenvalue weighted by molar-refractivity contribution is 5.75. The molecular formula is C17H28N6O. The van der Waals surface area contributed by atoms with E-state index in [0.29, 0.717) is 5.92 Å². The van der Waals surface area contributed by atoms with Gasteiger partial charge in [0.2, 0.25) is 0 Å². The molecule has 0 bridgehead atoms. The number of carbonyl (C=O) groups is 1. The Balaban J connectivity index is 1.58. The quantitative estimate of drug-likeness (QED) is 0.874. The van der Waals surface area contributed by atoms with Crippen molar-refractivity contribution >= 4 is 6.03 Å². The highest BCUT2D eigenvalue weighted by atomic mass is 16.2. The molecule has 24 heavy (non-hydrogen) atoms. The van der Waals surface area contributed by atoms with Gasteiger partial charge in [-0.3, -0.25) is 10.00 Å². The number of H-pyrrole nitrogens is 1. The van der Waals surface area contributed by atoms with Crippen LogP contribution < -0.4 is 5.32 Å². The molecule has 2 amide bonds. The average Bonchev–Trinajstić information content (AvgIpc) is 3.08. The summed E-state index contributed by atoms with van der Waals surface area (Å²) < 4.78 is 0. The molecule has 0 spiro atoms. The molecule has 2 atom stereocenters. The molecule has 0 unspecified atom stereocenters. The fourth-order valence-corrected chi connectivity index (χ4v) is 4.51. The van der Waals surface area contributed by atoms with E-state index in [0.717, 1.165) is 43.9 Å². The molecule has 3 heterocycles. The number of rotatable bonds is 3. The Bertz CT molecular complexity index is 624. The van der Waals surface area contributed by atoms with Crippen LogP contribution in [0.15, 0.2) is 0 Å². The van der Waals surface area contributed by atoms with Crippen molar-refractivity contribution in [3.63, 3.8) is 0 Å². The molecule has 1 saturated carbocycles. The first-order chi connectivity index (χ1) is 11.5. The fraction of sp³-hybridized carbons (Fsp3) is 0.824. The lowest BCUT2D eigenvalue weighted by molar-refractivity contribution is 0.136. The number of aromatic nitrogens is 3. The maximum absolute atomic E-state index is 12.5. The second-order valence-corrected chi connectivity index (χ2v) is 8.10. The van der Waals surface area contributed by atoms with E-state index in [1.54, 1.807) is 0 Å². The second-order valence-electron chi connectivity index (χ2n) is 8.10. The van der Waals surface area contributed by atoms with Gasteiger partial charge in [0, 0.05) is 44.2 Å². The van der Waals surface area contributed by atoms with Crippen LogP contribution in [0.2, 0.25) is 0 Å². The summed E-state index contributed by atoms with van der Waals surface area (Å²) in [6.07, 6.45) is 3.97. The van der Waals surface area contributed by atoms with Gasteiger partial charge in [-0.1, -0.05) is 6.42 Å². The minimum atomic E-state index is -0.116. The number of aromatic amines is 1. The van der Waals surface area contributed by atoms with E-state index in [4.69, 9.17) is 0 Å². The standard InChI is InChI=1S/C17H28N6O/c1-11(2)18-16(24)23-8-13-7-22(14-5-4-6-14)9-17(13,10-23)15-19-12(3)20-21-15/h11,13-14H,4-10H2,1-3H3,(H,18,24)(H,19,20,21)/t13-,17-/m1/s1. The molecule has 1 aliphatic carbocycles. The molecule has 4 rings (SSSR count). The molecule has 2 saturated heterocycles. The third-order valence-electron chi connectivity index (χ3n) is 5.97. The zero-order valence-corrected chi connectivity index (χ0v) is 14.9. The zero-order valence-electron chi connectivity index (χ0n) is 14.9. The predicted molar refractivity (Wildman–Crippen MR) is 90.7 cm³/mol. The molecule has 3 fully saturated rings. The summed E-state index contributed by atoms with van der Waals surface area (Å²) in [5, 5.41) is 10.5. The van der Waals surface area contributed by atoms with Crippen molar-refractivity contribution in [1.29, 1.82) is 0 Å². The van der Waals surface area contributed by atoms with Crippen LogP contribution >= 0.6 is 0 Å². The summed E-state index contributed by atoms with van der Waals surface area (Å²) in [6, 6.07) is 0.929. The van der Waals surface area contributed by atoms with E-state index in [-0.39, 0.29) is 17.5 Å². The highest BCUT2D eigenvalue weighted by Crippen LogP contribution is 2.46. The third-order valence-corrected chi connectivity index (χ3v) is 5.97. The Kier molecular flexibility index (Phi) is 3.78. The minimum Gasteiger partial charge on any atom is -0.336 e. The molecule has 2 aliphatic heterocycles. The van der Waals surface area contributed by atoms with E-state index in [9.17, 15) is 4.79 Å². The van der Waals surface area contributed by atoms with E-state index in [1.807, 2.05) is 25.7 Å². The molecule has 2 N–H and O–H groups in total. The number of nitrogens with one attached hydrogen (secondary N) is 2. The monoisotopic (exact) mass is 332 g/mol. The van der Waals surface area contributed by atoms with Crippen LogP contribution in [0.3, 0.4) is 0 Å². The van der Waals surface area contributed by atoms with Crippen molar-refractivity contribution in [2.75, 3.05) is 26.2 Å². The predicted octanol–water partition coefficient (Wildman–Crippen LogP) is 1.27. The zero-order chi connectivity index (χ0) is 16.9. The topological polar surface area (TPSA) is 77.2 Å². The highest BCUT2D eigenvalue weighted by Gasteiger charge is 2.57. The van der Waals surface area contributed by atoms with Crippen molar-refractivity contribution in [3.05, 3.63) is 11.6 Å². The number of urea groups is 1. The Morgan fingerprint density at radius 1 is 1.33 bits per heavy atom. The van der Waals surface area contributed by atoms with Gasteiger partial charge >= 0.3 is 6.03 Å². The lowest BCUT2D eigenvalue weighted by Crippen LogP contribution is -2.47. The molecule has 7 heteroatoms. The smallest absolute Gasteiger partial charge is 0.317 e. The maximum atomic E-state index is 12.5. The normalized spacial score (nSPS) is 30.7. The van der Waals surface area contributed by atoms with Crippen LogP contribution in [0.25, 0.3) is 0 Å². The van der Waals surface area contributed by atoms with Crippen molar-refractivity contribution < 1.29 is 4.79 Å². The van der Waals surface area contributed by atoms with Gasteiger partial charge in [0.05, 0.1) is 5.41 Å². The van der Waals surface area contributed by atoms with Crippen LogP contribution in [-0.4, -0.2) is 69.3 Å². The average molecular weight is 332 g/mol. The molecule has 1 aromatic rings. The van der Waals surface area contributed by atoms with Crippen LogP contribution in [0.5, 0.6) is 0 Å². The van der Waals surface area contributed by atoms with Gasteiger partial charge in [-0.15, -0.1) is 0 Å². The van der Waals surface area contributed by atoms with Crippen LogP contribution in [0.4, 0.5) is 4.79 Å². The molecule has 0 radical (unpaired) electrons. The number of aryl methyl sites for hydroxylation is 1. The largest absolute Gasteiger partial charge is 0.336 e. The summed E-state index contributed by atoms with van der Waals surface area (Å²) in [5.74, 6) is 2.17. The molecule has 132 valence electrons. The first-order valence-corrected chi connectivity index (χ1v) is 9.17. The molecule has 3 aliphatic rings. The van der Waals surface area contributed by atoms with Crippen molar-refractivity contribution in [1.82, 2.24) is 30.3 Å². The molecule has 7 nitrogen and oxygen atoms in total. The van der Waals surface area contributed by atoms with Gasteiger partial charge < -0.3 is 10.2 Å². The first-order valence-electron chi connectivity index (χ1n) is 9.17. The first kappa shape index (κ1) is 15.9. The van der Waals surface area contributed by atoms with Gasteiger partial charge in [0.15, 0.2) is 5.82 Å². The Labute approximate surface area is 143 Å². The van der Waals surface area contributed by atoms with Crippen molar-refractivity contribution in [2.45, 2.75) is 57.5 Å². The second kappa shape index (κ2) is 5.72. The van der Waals surface area contributed by atoms with E-state index in [1.165, 1.54) is 19.3 Å².